The zero-order valence-corrected chi connectivity index (χ0v) is 21.3. The summed E-state index contributed by atoms with van der Waals surface area (Å²) in [6.45, 7) is 7.35. The SMILES string of the molecule is C[C@H](CCC(=O)ON1C(=O)CCC1=O)[C@H]1CC[C@H]2[C@@H]3CCC4C[C@H](O)CC[C@]4(C)[C@H]3CC[C@]12C. The Labute approximate surface area is 204 Å². The van der Waals surface area contributed by atoms with Crippen LogP contribution < -0.4 is 0 Å². The van der Waals surface area contributed by atoms with E-state index in [0.29, 0.717) is 33.6 Å². The van der Waals surface area contributed by atoms with E-state index < -0.39 is 17.8 Å². The highest BCUT2D eigenvalue weighted by Crippen LogP contribution is 2.68. The van der Waals surface area contributed by atoms with Crippen molar-refractivity contribution < 1.29 is 24.3 Å². The molecule has 0 aromatic rings. The van der Waals surface area contributed by atoms with Crippen LogP contribution in [0, 0.1) is 46.3 Å². The summed E-state index contributed by atoms with van der Waals surface area (Å²) in [5.74, 6) is 2.82. The first-order valence-corrected chi connectivity index (χ1v) is 13.9. The van der Waals surface area contributed by atoms with Crippen LogP contribution in [0.15, 0.2) is 0 Å². The van der Waals surface area contributed by atoms with E-state index in [1.165, 1.54) is 44.9 Å². The van der Waals surface area contributed by atoms with Gasteiger partial charge < -0.3 is 9.94 Å². The monoisotopic (exact) mass is 473 g/mol. The predicted octanol–water partition coefficient (Wildman–Crippen LogP) is 5.03. The van der Waals surface area contributed by atoms with Crippen molar-refractivity contribution in [2.24, 2.45) is 46.3 Å². The van der Waals surface area contributed by atoms with Crippen molar-refractivity contribution in [3.05, 3.63) is 0 Å². The average molecular weight is 474 g/mol. The maximum absolute atomic E-state index is 12.4. The number of rotatable bonds is 5. The second-order valence-corrected chi connectivity index (χ2v) is 12.9. The summed E-state index contributed by atoms with van der Waals surface area (Å²) < 4.78 is 0. The Morgan fingerprint density at radius 1 is 1.00 bits per heavy atom. The van der Waals surface area contributed by atoms with E-state index in [0.717, 1.165) is 37.0 Å². The molecule has 0 aromatic carbocycles. The number of carbonyl (C=O) groups is 3. The number of hydrogen-bond donors (Lipinski definition) is 1. The van der Waals surface area contributed by atoms with Crippen LogP contribution in [0.3, 0.4) is 0 Å². The van der Waals surface area contributed by atoms with Gasteiger partial charge in [-0.05, 0) is 111 Å². The molecule has 2 amide bonds. The first-order valence-electron chi connectivity index (χ1n) is 13.9. The van der Waals surface area contributed by atoms with Crippen LogP contribution in [0.2, 0.25) is 0 Å². The highest BCUT2D eigenvalue weighted by Gasteiger charge is 2.60. The summed E-state index contributed by atoms with van der Waals surface area (Å²) in [6.07, 6.45) is 12.1. The molecule has 0 bridgehead atoms. The molecule has 1 saturated heterocycles. The van der Waals surface area contributed by atoms with Crippen molar-refractivity contribution in [1.82, 2.24) is 5.06 Å². The summed E-state index contributed by atoms with van der Waals surface area (Å²) in [5, 5.41) is 10.9. The van der Waals surface area contributed by atoms with E-state index in [4.69, 9.17) is 4.84 Å². The molecule has 4 aliphatic carbocycles. The third-order valence-electron chi connectivity index (χ3n) is 11.4. The predicted molar refractivity (Wildman–Crippen MR) is 127 cm³/mol. The summed E-state index contributed by atoms with van der Waals surface area (Å²) in [4.78, 5) is 40.9. The van der Waals surface area contributed by atoms with Gasteiger partial charge in [0, 0.05) is 19.3 Å². The minimum absolute atomic E-state index is 0.0893. The molecule has 1 aliphatic heterocycles. The van der Waals surface area contributed by atoms with Crippen molar-refractivity contribution in [3.8, 4) is 0 Å². The molecule has 4 saturated carbocycles. The molecule has 9 atom stereocenters. The van der Waals surface area contributed by atoms with E-state index in [9.17, 15) is 19.5 Å². The van der Waals surface area contributed by atoms with Gasteiger partial charge in [-0.15, -0.1) is 5.06 Å². The fourth-order valence-electron chi connectivity index (χ4n) is 9.56. The molecule has 1 heterocycles. The van der Waals surface area contributed by atoms with Crippen molar-refractivity contribution in [1.29, 1.82) is 0 Å². The van der Waals surface area contributed by atoms with Gasteiger partial charge in [0.15, 0.2) is 0 Å². The van der Waals surface area contributed by atoms with Crippen molar-refractivity contribution >= 4 is 17.8 Å². The third-order valence-corrected chi connectivity index (χ3v) is 11.4. The maximum Gasteiger partial charge on any atom is 0.333 e. The number of amides is 2. The molecule has 5 fully saturated rings. The maximum atomic E-state index is 12.4. The quantitative estimate of drug-likeness (QED) is 0.566. The minimum Gasteiger partial charge on any atom is -0.393 e. The van der Waals surface area contributed by atoms with Crippen LogP contribution in [0.1, 0.15) is 104 Å². The molecule has 0 radical (unpaired) electrons. The first-order chi connectivity index (χ1) is 16.1. The standard InChI is InChI=1S/C28H43NO5/c1-17(4-11-26(33)34-29-24(31)9-10-25(29)32)21-7-8-22-20-6-5-18-16-19(30)12-14-27(18,2)23(20)13-15-28(21,22)3/h17-23,30H,4-16H2,1-3H3/t17-,18?,19-,20+,21-,22+,23+,27+,28-/m1/s1. The second-order valence-electron chi connectivity index (χ2n) is 12.9. The molecule has 190 valence electrons. The van der Waals surface area contributed by atoms with Crippen molar-refractivity contribution in [2.45, 2.75) is 110 Å². The molecule has 6 nitrogen and oxygen atoms in total. The highest BCUT2D eigenvalue weighted by atomic mass is 16.7. The number of carbonyl (C=O) groups excluding carboxylic acids is 3. The summed E-state index contributed by atoms with van der Waals surface area (Å²) in [7, 11) is 0. The first kappa shape index (κ1) is 24.3. The van der Waals surface area contributed by atoms with Crippen molar-refractivity contribution in [3.63, 3.8) is 0 Å². The minimum atomic E-state index is -0.468. The van der Waals surface area contributed by atoms with E-state index >= 15 is 0 Å². The van der Waals surface area contributed by atoms with Crippen LogP contribution >= 0.6 is 0 Å². The lowest BCUT2D eigenvalue weighted by Gasteiger charge is -2.61. The fraction of sp³-hybridized carbons (Fsp3) is 0.893. The molecule has 0 spiro atoms. The number of aliphatic hydroxyl groups excluding tert-OH is 1. The molecule has 0 aromatic heterocycles. The van der Waals surface area contributed by atoms with Crippen LogP contribution in [0.5, 0.6) is 0 Å². The molecule has 1 unspecified atom stereocenters. The zero-order valence-electron chi connectivity index (χ0n) is 21.3. The van der Waals surface area contributed by atoms with Gasteiger partial charge in [-0.1, -0.05) is 20.8 Å². The molecule has 5 rings (SSSR count). The lowest BCUT2D eigenvalue weighted by Crippen LogP contribution is -2.54. The Morgan fingerprint density at radius 3 is 2.41 bits per heavy atom. The molecular formula is C28H43NO5. The number of hydroxylamine groups is 2. The molecule has 34 heavy (non-hydrogen) atoms. The Bertz CT molecular complexity index is 827. The summed E-state index contributed by atoms with van der Waals surface area (Å²) in [5.41, 5.74) is 0.740. The highest BCUT2D eigenvalue weighted by molar-refractivity contribution is 6.01. The van der Waals surface area contributed by atoms with Gasteiger partial charge in [-0.25, -0.2) is 4.79 Å². The lowest BCUT2D eigenvalue weighted by molar-refractivity contribution is -0.197. The second kappa shape index (κ2) is 8.90. The van der Waals surface area contributed by atoms with Gasteiger partial charge >= 0.3 is 5.97 Å². The number of aliphatic hydroxyl groups is 1. The van der Waals surface area contributed by atoms with Crippen LogP contribution in [-0.2, 0) is 19.2 Å². The summed E-state index contributed by atoms with van der Waals surface area (Å²) >= 11 is 0. The molecular weight excluding hydrogens is 430 g/mol. The van der Waals surface area contributed by atoms with Gasteiger partial charge in [-0.2, -0.15) is 0 Å². The van der Waals surface area contributed by atoms with E-state index in [1.54, 1.807) is 0 Å². The van der Waals surface area contributed by atoms with Gasteiger partial charge in [0.1, 0.15) is 0 Å². The number of nitrogens with zero attached hydrogens (tertiary/aromatic N) is 1. The van der Waals surface area contributed by atoms with Crippen LogP contribution in [0.25, 0.3) is 0 Å². The Morgan fingerprint density at radius 2 is 1.68 bits per heavy atom. The van der Waals surface area contributed by atoms with Crippen LogP contribution in [0.4, 0.5) is 0 Å². The largest absolute Gasteiger partial charge is 0.393 e. The van der Waals surface area contributed by atoms with Gasteiger partial charge in [0.2, 0.25) is 0 Å². The Hall–Kier alpha value is -1.43. The number of imide groups is 1. The van der Waals surface area contributed by atoms with Gasteiger partial charge in [0.05, 0.1) is 6.10 Å². The Balaban J connectivity index is 1.21. The molecule has 6 heteroatoms. The normalized spacial score (nSPS) is 44.9. The fourth-order valence-corrected chi connectivity index (χ4v) is 9.56. The molecule has 1 N–H and O–H groups in total. The van der Waals surface area contributed by atoms with E-state index in [1.807, 2.05) is 0 Å². The van der Waals surface area contributed by atoms with E-state index in [2.05, 4.69) is 20.8 Å². The summed E-state index contributed by atoms with van der Waals surface area (Å²) in [6, 6.07) is 0. The number of hydrogen-bond acceptors (Lipinski definition) is 5. The molecule has 5 aliphatic rings. The van der Waals surface area contributed by atoms with E-state index in [-0.39, 0.29) is 25.4 Å². The Kier molecular flexibility index (Phi) is 6.35. The van der Waals surface area contributed by atoms with Gasteiger partial charge in [0.25, 0.3) is 11.8 Å². The van der Waals surface area contributed by atoms with Crippen LogP contribution in [-0.4, -0.2) is 34.1 Å². The van der Waals surface area contributed by atoms with Crippen molar-refractivity contribution in [2.75, 3.05) is 0 Å². The third kappa shape index (κ3) is 3.92. The number of fused-ring (bicyclic) bond motifs is 5. The lowest BCUT2D eigenvalue weighted by atomic mass is 9.44. The smallest absolute Gasteiger partial charge is 0.333 e. The van der Waals surface area contributed by atoms with Gasteiger partial charge in [-0.3, -0.25) is 9.59 Å². The zero-order chi connectivity index (χ0) is 24.3. The topological polar surface area (TPSA) is 83.9 Å². The average Bonchev–Trinajstić information content (AvgIpc) is 3.32.